The summed E-state index contributed by atoms with van der Waals surface area (Å²) in [5, 5.41) is 3.37. The molecule has 0 aliphatic heterocycles. The number of pyridine rings is 1. The summed E-state index contributed by atoms with van der Waals surface area (Å²) < 4.78 is 0. The third kappa shape index (κ3) is 2.55. The van der Waals surface area contributed by atoms with Crippen molar-refractivity contribution in [3.63, 3.8) is 0 Å². The minimum atomic E-state index is 0.484. The van der Waals surface area contributed by atoms with Crippen LogP contribution in [0.15, 0.2) is 18.5 Å². The second-order valence-electron chi connectivity index (χ2n) is 3.56. The molecule has 0 spiro atoms. The van der Waals surface area contributed by atoms with Crippen LogP contribution in [-0.2, 0) is 6.42 Å². The first-order valence-corrected chi connectivity index (χ1v) is 5.43. The van der Waals surface area contributed by atoms with Crippen molar-refractivity contribution >= 4 is 0 Å². The molecule has 2 heteroatoms. The number of nitrogens with one attached hydrogen (secondary N) is 1. The summed E-state index contributed by atoms with van der Waals surface area (Å²) in [6, 6.07) is 2.62. The van der Waals surface area contributed by atoms with Gasteiger partial charge in [0, 0.05) is 18.4 Å². The van der Waals surface area contributed by atoms with Crippen LogP contribution in [0, 0.1) is 0 Å². The van der Waals surface area contributed by atoms with Crippen molar-refractivity contribution in [2.75, 3.05) is 7.05 Å². The standard InChI is InChI=1S/C12H20N2/c1-4-6-12(13-3)11-7-8-14-9-10(11)5-2/h7-9,12-13H,4-6H2,1-3H3. The molecule has 0 bridgehead atoms. The number of rotatable bonds is 5. The average molecular weight is 192 g/mol. The van der Waals surface area contributed by atoms with Crippen LogP contribution in [0.25, 0.3) is 0 Å². The van der Waals surface area contributed by atoms with Crippen LogP contribution >= 0.6 is 0 Å². The zero-order chi connectivity index (χ0) is 10.4. The number of aromatic nitrogens is 1. The fourth-order valence-corrected chi connectivity index (χ4v) is 1.82. The predicted molar refractivity (Wildman–Crippen MR) is 60.3 cm³/mol. The van der Waals surface area contributed by atoms with Crippen molar-refractivity contribution in [3.8, 4) is 0 Å². The van der Waals surface area contributed by atoms with Crippen LogP contribution in [0.2, 0.25) is 0 Å². The van der Waals surface area contributed by atoms with Gasteiger partial charge in [-0.3, -0.25) is 4.98 Å². The van der Waals surface area contributed by atoms with Crippen molar-refractivity contribution in [1.29, 1.82) is 0 Å². The van der Waals surface area contributed by atoms with Crippen LogP contribution in [-0.4, -0.2) is 12.0 Å². The van der Waals surface area contributed by atoms with Gasteiger partial charge in [-0.25, -0.2) is 0 Å². The molecule has 78 valence electrons. The molecule has 0 aromatic carbocycles. The lowest BCUT2D eigenvalue weighted by Crippen LogP contribution is -2.17. The Labute approximate surface area is 86.8 Å². The summed E-state index contributed by atoms with van der Waals surface area (Å²) in [5.41, 5.74) is 2.77. The maximum absolute atomic E-state index is 4.17. The van der Waals surface area contributed by atoms with Gasteiger partial charge in [-0.2, -0.15) is 0 Å². The minimum Gasteiger partial charge on any atom is -0.313 e. The molecule has 1 aromatic heterocycles. The Bertz CT molecular complexity index is 271. The first-order chi connectivity index (χ1) is 6.83. The Morgan fingerprint density at radius 3 is 2.79 bits per heavy atom. The second-order valence-corrected chi connectivity index (χ2v) is 3.56. The number of hydrogen-bond donors (Lipinski definition) is 1. The topological polar surface area (TPSA) is 24.9 Å². The van der Waals surface area contributed by atoms with E-state index in [4.69, 9.17) is 0 Å². The van der Waals surface area contributed by atoms with Crippen molar-refractivity contribution in [2.45, 2.75) is 39.2 Å². The summed E-state index contributed by atoms with van der Waals surface area (Å²) in [4.78, 5) is 4.17. The lowest BCUT2D eigenvalue weighted by Gasteiger charge is -2.18. The molecule has 0 fully saturated rings. The molecule has 0 aliphatic rings. The molecule has 1 atom stereocenters. The predicted octanol–water partition coefficient (Wildman–Crippen LogP) is 2.70. The molecule has 0 aliphatic carbocycles. The van der Waals surface area contributed by atoms with Gasteiger partial charge < -0.3 is 5.32 Å². The van der Waals surface area contributed by atoms with E-state index in [0.29, 0.717) is 6.04 Å². The van der Waals surface area contributed by atoms with E-state index in [0.717, 1.165) is 6.42 Å². The van der Waals surface area contributed by atoms with Gasteiger partial charge in [0.2, 0.25) is 0 Å². The highest BCUT2D eigenvalue weighted by Crippen LogP contribution is 2.21. The SMILES string of the molecule is CCCC(NC)c1ccncc1CC. The van der Waals surface area contributed by atoms with Crippen molar-refractivity contribution < 1.29 is 0 Å². The molecule has 1 aromatic rings. The molecule has 1 unspecified atom stereocenters. The second kappa shape index (κ2) is 5.76. The van der Waals surface area contributed by atoms with Gasteiger partial charge in [0.15, 0.2) is 0 Å². The van der Waals surface area contributed by atoms with Crippen molar-refractivity contribution in [2.24, 2.45) is 0 Å². The molecule has 0 radical (unpaired) electrons. The lowest BCUT2D eigenvalue weighted by atomic mass is 9.98. The van der Waals surface area contributed by atoms with Gasteiger partial charge >= 0.3 is 0 Å². The normalized spacial score (nSPS) is 12.8. The van der Waals surface area contributed by atoms with Crippen LogP contribution < -0.4 is 5.32 Å². The van der Waals surface area contributed by atoms with Gasteiger partial charge in [-0.15, -0.1) is 0 Å². The fourth-order valence-electron chi connectivity index (χ4n) is 1.82. The van der Waals surface area contributed by atoms with Crippen LogP contribution in [0.5, 0.6) is 0 Å². The first kappa shape index (κ1) is 11.2. The van der Waals surface area contributed by atoms with E-state index >= 15 is 0 Å². The Kier molecular flexibility index (Phi) is 4.60. The minimum absolute atomic E-state index is 0.484. The van der Waals surface area contributed by atoms with Crippen molar-refractivity contribution in [1.82, 2.24) is 10.3 Å². The zero-order valence-corrected chi connectivity index (χ0v) is 9.38. The Morgan fingerprint density at radius 1 is 1.43 bits per heavy atom. The zero-order valence-electron chi connectivity index (χ0n) is 9.38. The summed E-state index contributed by atoms with van der Waals surface area (Å²) in [5.74, 6) is 0. The van der Waals surface area contributed by atoms with Crippen molar-refractivity contribution in [3.05, 3.63) is 29.6 Å². The smallest absolute Gasteiger partial charge is 0.0321 e. The monoisotopic (exact) mass is 192 g/mol. The van der Waals surface area contributed by atoms with Crippen LogP contribution in [0.3, 0.4) is 0 Å². The molecule has 0 amide bonds. The van der Waals surface area contributed by atoms with E-state index in [-0.39, 0.29) is 0 Å². The highest BCUT2D eigenvalue weighted by atomic mass is 14.9. The van der Waals surface area contributed by atoms with E-state index in [1.54, 1.807) is 0 Å². The molecule has 2 nitrogen and oxygen atoms in total. The number of aryl methyl sites for hydroxylation is 1. The van der Waals surface area contributed by atoms with E-state index in [2.05, 4.69) is 30.2 Å². The maximum atomic E-state index is 4.17. The fraction of sp³-hybridized carbons (Fsp3) is 0.583. The lowest BCUT2D eigenvalue weighted by molar-refractivity contribution is 0.537. The van der Waals surface area contributed by atoms with Crippen LogP contribution in [0.1, 0.15) is 43.9 Å². The Hall–Kier alpha value is -0.890. The molecule has 14 heavy (non-hydrogen) atoms. The molecule has 1 rings (SSSR count). The number of hydrogen-bond acceptors (Lipinski definition) is 2. The van der Waals surface area contributed by atoms with E-state index in [1.165, 1.54) is 24.0 Å². The largest absolute Gasteiger partial charge is 0.313 e. The third-order valence-corrected chi connectivity index (χ3v) is 2.62. The summed E-state index contributed by atoms with van der Waals surface area (Å²) in [6.45, 7) is 4.40. The quantitative estimate of drug-likeness (QED) is 0.776. The van der Waals surface area contributed by atoms with E-state index < -0.39 is 0 Å². The molecule has 0 saturated carbocycles. The summed E-state index contributed by atoms with van der Waals surface area (Å²) in [6.07, 6.45) is 7.32. The molecular formula is C12H20N2. The molecule has 1 heterocycles. The third-order valence-electron chi connectivity index (χ3n) is 2.62. The maximum Gasteiger partial charge on any atom is 0.0321 e. The summed E-state index contributed by atoms with van der Waals surface area (Å²) >= 11 is 0. The van der Waals surface area contributed by atoms with Crippen LogP contribution in [0.4, 0.5) is 0 Å². The highest BCUT2D eigenvalue weighted by molar-refractivity contribution is 5.26. The van der Waals surface area contributed by atoms with Gasteiger partial charge in [-0.05, 0) is 37.1 Å². The van der Waals surface area contributed by atoms with E-state index in [9.17, 15) is 0 Å². The highest BCUT2D eigenvalue weighted by Gasteiger charge is 2.10. The van der Waals surface area contributed by atoms with Gasteiger partial charge in [0.25, 0.3) is 0 Å². The van der Waals surface area contributed by atoms with Gasteiger partial charge in [0.05, 0.1) is 0 Å². The summed E-state index contributed by atoms with van der Waals surface area (Å²) in [7, 11) is 2.03. The number of nitrogens with zero attached hydrogens (tertiary/aromatic N) is 1. The van der Waals surface area contributed by atoms with Gasteiger partial charge in [0.1, 0.15) is 0 Å². The average Bonchev–Trinajstić information content (AvgIpc) is 2.26. The molecule has 1 N–H and O–H groups in total. The van der Waals surface area contributed by atoms with E-state index in [1.807, 2.05) is 19.4 Å². The Balaban J connectivity index is 2.90. The molecular weight excluding hydrogens is 172 g/mol. The first-order valence-electron chi connectivity index (χ1n) is 5.43. The molecule has 0 saturated heterocycles. The van der Waals surface area contributed by atoms with Gasteiger partial charge in [-0.1, -0.05) is 20.3 Å². The Morgan fingerprint density at radius 2 is 2.21 bits per heavy atom.